The maximum atomic E-state index is 2.21. The van der Waals surface area contributed by atoms with E-state index in [1.165, 1.54) is 19.3 Å². The van der Waals surface area contributed by atoms with Gasteiger partial charge in [-0.15, -0.1) is 0 Å². The third-order valence-electron chi connectivity index (χ3n) is 0.707. The predicted molar refractivity (Wildman–Crippen MR) is 79.0 cm³/mol. The molecule has 0 aromatic carbocycles. The van der Waals surface area contributed by atoms with Gasteiger partial charge in [0.05, 0.1) is 0 Å². The molecule has 0 saturated heterocycles. The molecule has 0 aliphatic rings. The van der Waals surface area contributed by atoms with Gasteiger partial charge < -0.3 is 0 Å². The third-order valence-corrected chi connectivity index (χ3v) is 0.707. The molecule has 0 amide bonds. The zero-order valence-corrected chi connectivity index (χ0v) is 4.12. The van der Waals surface area contributed by atoms with Crippen LogP contribution in [0.2, 0.25) is 0 Å². The zero-order chi connectivity index (χ0) is 4.12. The van der Waals surface area contributed by atoms with E-state index < -0.39 is 0 Å². The summed E-state index contributed by atoms with van der Waals surface area (Å²) in [7, 11) is 0. The summed E-state index contributed by atoms with van der Waals surface area (Å²) in [4.78, 5) is 0. The molecule has 0 aromatic heterocycles. The van der Waals surface area contributed by atoms with Crippen molar-refractivity contribution >= 4 is 0 Å². The summed E-state index contributed by atoms with van der Waals surface area (Å²) < 4.78 is 0. The Labute approximate surface area is 93.2 Å². The molecule has 0 radical (unpaired) electrons. The summed E-state index contributed by atoms with van der Waals surface area (Å²) in [5.74, 6) is 0. The van der Waals surface area contributed by atoms with Crippen LogP contribution in [0.25, 0.3) is 0 Å². The van der Waals surface area contributed by atoms with Gasteiger partial charge in [-0.2, -0.15) is 0 Å². The Hall–Kier alpha value is 0. The van der Waals surface area contributed by atoms with E-state index in [-0.39, 0.29) is 59.4 Å². The lowest BCUT2D eigenvalue weighted by molar-refractivity contribution is 0.772. The van der Waals surface area contributed by atoms with Gasteiger partial charge in [-0.3, -0.25) is 0 Å². The summed E-state index contributed by atoms with van der Waals surface area (Å²) in [5, 5.41) is 0. The Morgan fingerprint density at radius 1 is 0.462 bits per heavy atom. The predicted octanol–water partition coefficient (Wildman–Crippen LogP) is 7.29. The minimum Gasteiger partial charge on any atom is -0.0776 e. The van der Waals surface area contributed by atoms with Crippen LogP contribution in [0, 0.1) is 0 Å². The molecule has 0 aliphatic carbocycles. The van der Waals surface area contributed by atoms with Gasteiger partial charge >= 0.3 is 0 Å². The van der Waals surface area contributed by atoms with Crippen LogP contribution in [0.1, 0.15) is 92.5 Å². The third kappa shape index (κ3) is 300. The summed E-state index contributed by atoms with van der Waals surface area (Å²) in [6.45, 7) is 4.42. The molecule has 0 heterocycles. The lowest BCUT2D eigenvalue weighted by atomic mass is 10.3. The van der Waals surface area contributed by atoms with Crippen LogP contribution >= 0.6 is 0 Å². The highest BCUT2D eigenvalue weighted by Crippen LogP contribution is 1.88. The standard InChI is InChI=1S/C5H12.8CH4/c1-3-5-4-2;;;;;;;;/h3-5H2,1-2H3;8*1H4. The van der Waals surface area contributed by atoms with Crippen LogP contribution in [0.15, 0.2) is 0 Å². The highest BCUT2D eigenvalue weighted by atomic mass is 13.7. The number of unbranched alkanes of at least 4 members (excludes halogenated alkanes) is 2. The Balaban J connectivity index is -0.00000000286. The van der Waals surface area contributed by atoms with Crippen molar-refractivity contribution in [2.75, 3.05) is 0 Å². The average molecular weight is 200 g/mol. The first-order chi connectivity index (χ1) is 2.41. The largest absolute Gasteiger partial charge is 0.0776 e. The van der Waals surface area contributed by atoms with Gasteiger partial charge in [-0.05, 0) is 0 Å². The van der Waals surface area contributed by atoms with E-state index in [0.29, 0.717) is 0 Å². The van der Waals surface area contributed by atoms with Gasteiger partial charge in [-0.25, -0.2) is 0 Å². The van der Waals surface area contributed by atoms with Crippen LogP contribution in [0.3, 0.4) is 0 Å². The molecule has 0 rings (SSSR count). The highest BCUT2D eigenvalue weighted by Gasteiger charge is 1.68. The summed E-state index contributed by atoms with van der Waals surface area (Å²) in [5.41, 5.74) is 0. The van der Waals surface area contributed by atoms with Gasteiger partial charge in [-0.1, -0.05) is 92.5 Å². The fourth-order valence-corrected chi connectivity index (χ4v) is 0.354. The maximum Gasteiger partial charge on any atom is -0.0538 e. The summed E-state index contributed by atoms with van der Waals surface area (Å²) in [6, 6.07) is 0. The smallest absolute Gasteiger partial charge is 0.0538 e. The molecular weight excluding hydrogens is 156 g/mol. The van der Waals surface area contributed by atoms with Crippen LogP contribution in [0.5, 0.6) is 0 Å². The van der Waals surface area contributed by atoms with Crippen molar-refractivity contribution in [2.45, 2.75) is 92.5 Å². The van der Waals surface area contributed by atoms with Gasteiger partial charge in [0.2, 0.25) is 0 Å². The Kier molecular flexibility index (Phi) is 1450. The summed E-state index contributed by atoms with van der Waals surface area (Å²) in [6.07, 6.45) is 4.08. The van der Waals surface area contributed by atoms with Crippen molar-refractivity contribution in [3.8, 4) is 0 Å². The topological polar surface area (TPSA) is 0 Å². The Morgan fingerprint density at radius 3 is 0.615 bits per heavy atom. The van der Waals surface area contributed by atoms with Crippen LogP contribution < -0.4 is 0 Å². The van der Waals surface area contributed by atoms with Crippen molar-refractivity contribution in [1.29, 1.82) is 0 Å². The van der Waals surface area contributed by atoms with E-state index in [2.05, 4.69) is 13.8 Å². The second kappa shape index (κ2) is 161. The molecule has 0 aromatic rings. The van der Waals surface area contributed by atoms with Gasteiger partial charge in [0.1, 0.15) is 0 Å². The summed E-state index contributed by atoms with van der Waals surface area (Å²) >= 11 is 0. The van der Waals surface area contributed by atoms with Crippen molar-refractivity contribution in [3.05, 3.63) is 0 Å². The maximum absolute atomic E-state index is 2.21. The molecule has 0 heteroatoms. The van der Waals surface area contributed by atoms with E-state index in [0.717, 1.165) is 0 Å². The van der Waals surface area contributed by atoms with Gasteiger partial charge in [0.25, 0.3) is 0 Å². The highest BCUT2D eigenvalue weighted by molar-refractivity contribution is 4.24. The quantitative estimate of drug-likeness (QED) is 0.439. The molecule has 0 atom stereocenters. The van der Waals surface area contributed by atoms with Crippen LogP contribution in [-0.4, -0.2) is 0 Å². The number of hydrogen-bond donors (Lipinski definition) is 0. The minimum absolute atomic E-state index is 0. The zero-order valence-electron chi connectivity index (χ0n) is 4.12. The lowest BCUT2D eigenvalue weighted by Gasteiger charge is -1.79. The monoisotopic (exact) mass is 200 g/mol. The second-order valence-electron chi connectivity index (χ2n) is 1.35. The average Bonchev–Trinajstić information content (AvgIpc) is 1.41. The molecule has 0 aliphatic heterocycles. The van der Waals surface area contributed by atoms with E-state index >= 15 is 0 Å². The van der Waals surface area contributed by atoms with Crippen LogP contribution in [0.4, 0.5) is 0 Å². The minimum atomic E-state index is 0. The molecule has 0 nitrogen and oxygen atoms in total. The Bertz CT molecular complexity index is 7.51. The first kappa shape index (κ1) is 117. The molecule has 13 heavy (non-hydrogen) atoms. The second-order valence-corrected chi connectivity index (χ2v) is 1.35. The first-order valence-electron chi connectivity index (χ1n) is 2.41. The van der Waals surface area contributed by atoms with E-state index in [9.17, 15) is 0 Å². The normalized spacial score (nSPS) is 3.23. The molecule has 0 N–H and O–H groups in total. The molecule has 0 unspecified atom stereocenters. The van der Waals surface area contributed by atoms with Crippen LogP contribution in [-0.2, 0) is 0 Å². The van der Waals surface area contributed by atoms with Gasteiger partial charge in [0, 0.05) is 0 Å². The van der Waals surface area contributed by atoms with E-state index in [1.54, 1.807) is 0 Å². The molecule has 0 bridgehead atoms. The Morgan fingerprint density at radius 2 is 0.615 bits per heavy atom. The number of hydrogen-bond acceptors (Lipinski definition) is 0. The van der Waals surface area contributed by atoms with Crippen molar-refractivity contribution < 1.29 is 0 Å². The van der Waals surface area contributed by atoms with Crippen molar-refractivity contribution in [1.82, 2.24) is 0 Å². The molecule has 0 spiro atoms. The van der Waals surface area contributed by atoms with E-state index in [4.69, 9.17) is 0 Å². The molecule has 0 fully saturated rings. The SMILES string of the molecule is C.C.C.C.C.C.C.C.CCCCC. The van der Waals surface area contributed by atoms with Crippen molar-refractivity contribution in [3.63, 3.8) is 0 Å². The first-order valence-corrected chi connectivity index (χ1v) is 2.41. The molecule has 96 valence electrons. The lowest BCUT2D eigenvalue weighted by Crippen LogP contribution is -1.59. The van der Waals surface area contributed by atoms with E-state index in [1.807, 2.05) is 0 Å². The number of rotatable bonds is 2. The fraction of sp³-hybridized carbons (Fsp3) is 1.00. The van der Waals surface area contributed by atoms with Crippen molar-refractivity contribution in [2.24, 2.45) is 0 Å². The fourth-order valence-electron chi connectivity index (χ4n) is 0.354. The molecular formula is C13H44. The van der Waals surface area contributed by atoms with Gasteiger partial charge in [0.15, 0.2) is 0 Å². The molecule has 0 saturated carbocycles.